The lowest BCUT2D eigenvalue weighted by molar-refractivity contribution is -0.385. The first-order valence-electron chi connectivity index (χ1n) is 5.38. The molecule has 8 nitrogen and oxygen atoms in total. The van der Waals surface area contributed by atoms with Crippen molar-refractivity contribution < 1.29 is 28.1 Å². The van der Waals surface area contributed by atoms with Crippen molar-refractivity contribution in [1.82, 2.24) is 0 Å². The molecule has 0 heterocycles. The Balaban J connectivity index is 3.14. The van der Waals surface area contributed by atoms with Crippen LogP contribution in [-0.2, 0) is 36.1 Å². The van der Waals surface area contributed by atoms with Crippen LogP contribution in [0.3, 0.4) is 0 Å². The molecule has 1 aromatic rings. The maximum absolute atomic E-state index is 10.7. The SMILES string of the molecule is COP(=S)(OC)OP(O)(O)=[SH]c1ccc([N+](=O)[O-])c(C)c1. The zero-order chi connectivity index (χ0) is 16.3. The van der Waals surface area contributed by atoms with Gasteiger partial charge in [-0.2, -0.15) is 0 Å². The summed E-state index contributed by atoms with van der Waals surface area (Å²) >= 11 is 4.91. The third kappa shape index (κ3) is 5.52. The van der Waals surface area contributed by atoms with Gasteiger partial charge in [0.25, 0.3) is 12.4 Å². The standard InChI is InChI=1S/C9H15NO7P2S2/c1-7-6-8(4-5-9(7)10(11)12)21-18(13,14)17-19(20,15-2)16-3/h4-6,13-14,21H,1-3H3. The molecule has 120 valence electrons. The fourth-order valence-corrected chi connectivity index (χ4v) is 7.70. The van der Waals surface area contributed by atoms with Gasteiger partial charge in [0.1, 0.15) is 0 Å². The van der Waals surface area contributed by atoms with Gasteiger partial charge < -0.3 is 18.8 Å². The van der Waals surface area contributed by atoms with Gasteiger partial charge in [-0.1, -0.05) is 10.9 Å². The molecular weight excluding hydrogens is 360 g/mol. The van der Waals surface area contributed by atoms with E-state index < -0.39 is 18.4 Å². The van der Waals surface area contributed by atoms with E-state index in [4.69, 9.17) is 25.2 Å². The molecule has 0 amide bonds. The van der Waals surface area contributed by atoms with Gasteiger partial charge in [-0.25, -0.2) is 4.31 Å². The van der Waals surface area contributed by atoms with E-state index in [-0.39, 0.29) is 16.6 Å². The third-order valence-electron chi connectivity index (χ3n) is 2.28. The summed E-state index contributed by atoms with van der Waals surface area (Å²) < 4.78 is 14.7. The fourth-order valence-electron chi connectivity index (χ4n) is 1.35. The molecule has 0 saturated heterocycles. The zero-order valence-corrected chi connectivity index (χ0v) is 14.9. The number of nitro benzene ring substituents is 1. The smallest absolute Gasteiger partial charge is 0.328 e. The number of nitro groups is 1. The summed E-state index contributed by atoms with van der Waals surface area (Å²) in [5.74, 6) is 0. The highest BCUT2D eigenvalue weighted by Crippen LogP contribution is 2.61. The Morgan fingerprint density at radius 2 is 1.90 bits per heavy atom. The van der Waals surface area contributed by atoms with E-state index in [1.54, 1.807) is 6.92 Å². The van der Waals surface area contributed by atoms with Crippen LogP contribution in [0, 0.1) is 17.0 Å². The van der Waals surface area contributed by atoms with Crippen molar-refractivity contribution >= 4 is 41.9 Å². The lowest BCUT2D eigenvalue weighted by Gasteiger charge is -2.21. The predicted molar refractivity (Wildman–Crippen MR) is 85.6 cm³/mol. The summed E-state index contributed by atoms with van der Waals surface area (Å²) in [6.07, 6.45) is 0. The Hall–Kier alpha value is -0.150. The van der Waals surface area contributed by atoms with Crippen molar-refractivity contribution in [3.8, 4) is 0 Å². The molecule has 0 bridgehead atoms. The molecule has 0 spiro atoms. The number of rotatable bonds is 6. The number of aryl methyl sites for hydroxylation is 1. The Labute approximate surface area is 130 Å². The van der Waals surface area contributed by atoms with E-state index in [0.29, 0.717) is 10.5 Å². The van der Waals surface area contributed by atoms with Crippen molar-refractivity contribution in [1.29, 1.82) is 0 Å². The van der Waals surface area contributed by atoms with Gasteiger partial charge in [0, 0.05) is 30.7 Å². The summed E-state index contributed by atoms with van der Waals surface area (Å²) in [6, 6.07) is 4.19. The fraction of sp³-hybridized carbons (Fsp3) is 0.333. The lowest BCUT2D eigenvalue weighted by atomic mass is 10.2. The molecule has 0 atom stereocenters. The van der Waals surface area contributed by atoms with Crippen molar-refractivity contribution in [3.63, 3.8) is 0 Å². The maximum atomic E-state index is 10.7. The van der Waals surface area contributed by atoms with Gasteiger partial charge in [0.15, 0.2) is 0 Å². The average molecular weight is 375 g/mol. The number of benzene rings is 1. The molecule has 0 unspecified atom stereocenters. The molecule has 21 heavy (non-hydrogen) atoms. The van der Waals surface area contributed by atoms with E-state index in [9.17, 15) is 19.9 Å². The average Bonchev–Trinajstić information content (AvgIpc) is 2.37. The molecule has 0 aliphatic heterocycles. The largest absolute Gasteiger partial charge is 0.333 e. The number of hydrogen-bond donors (Lipinski definition) is 3. The van der Waals surface area contributed by atoms with Gasteiger partial charge in [-0.05, 0) is 30.9 Å². The quantitative estimate of drug-likeness (QED) is 0.301. The molecular formula is C9H15NO7P2S2. The van der Waals surface area contributed by atoms with Crippen molar-refractivity contribution in [2.75, 3.05) is 14.2 Å². The van der Waals surface area contributed by atoms with Crippen molar-refractivity contribution in [3.05, 3.63) is 33.9 Å². The van der Waals surface area contributed by atoms with Crippen molar-refractivity contribution in [2.24, 2.45) is 0 Å². The van der Waals surface area contributed by atoms with Gasteiger partial charge >= 0.3 is 6.72 Å². The Bertz CT molecular complexity index is 637. The highest BCUT2D eigenvalue weighted by Gasteiger charge is 2.26. The van der Waals surface area contributed by atoms with Gasteiger partial charge in [0.05, 0.1) is 4.92 Å². The Morgan fingerprint density at radius 1 is 1.33 bits per heavy atom. The minimum atomic E-state index is -3.88. The Kier molecular flexibility index (Phi) is 6.67. The second kappa shape index (κ2) is 7.41. The van der Waals surface area contributed by atoms with E-state index in [0.717, 1.165) is 0 Å². The Morgan fingerprint density at radius 3 is 2.33 bits per heavy atom. The molecule has 0 aliphatic carbocycles. The van der Waals surface area contributed by atoms with E-state index in [2.05, 4.69) is 0 Å². The number of thiol groups is 1. The van der Waals surface area contributed by atoms with E-state index >= 15 is 0 Å². The summed E-state index contributed by atoms with van der Waals surface area (Å²) in [5.41, 5.74) is 0.358. The first kappa shape index (κ1) is 18.9. The second-order valence-electron chi connectivity index (χ2n) is 3.74. The van der Waals surface area contributed by atoms with Crippen molar-refractivity contribution in [2.45, 2.75) is 11.8 Å². The van der Waals surface area contributed by atoms with Crippen LogP contribution in [0.15, 0.2) is 23.1 Å². The maximum Gasteiger partial charge on any atom is 0.333 e. The van der Waals surface area contributed by atoms with Crippen LogP contribution in [0.2, 0.25) is 0 Å². The van der Waals surface area contributed by atoms with Crippen LogP contribution >= 0.6 is 13.4 Å². The predicted octanol–water partition coefficient (Wildman–Crippen LogP) is 2.27. The van der Waals surface area contributed by atoms with Crippen LogP contribution in [-0.4, -0.2) is 28.9 Å². The molecule has 12 heteroatoms. The van der Waals surface area contributed by atoms with Crippen LogP contribution in [0.4, 0.5) is 5.69 Å². The summed E-state index contributed by atoms with van der Waals surface area (Å²) in [4.78, 5) is 30.5. The second-order valence-corrected chi connectivity index (χ2v) is 11.3. The van der Waals surface area contributed by atoms with Crippen LogP contribution < -0.4 is 0 Å². The monoisotopic (exact) mass is 375 g/mol. The summed E-state index contributed by atoms with van der Waals surface area (Å²) in [5, 5.41) is 10.7. The first-order valence-corrected chi connectivity index (χ1v) is 11.1. The number of nitrogens with zero attached hydrogens (tertiary/aromatic N) is 1. The van der Waals surface area contributed by atoms with Gasteiger partial charge in [0.2, 0.25) is 0 Å². The third-order valence-corrected chi connectivity index (χ3v) is 9.25. The molecule has 0 radical (unpaired) electrons. The zero-order valence-electron chi connectivity index (χ0n) is 11.4. The molecule has 0 aromatic heterocycles. The normalized spacial score (nSPS) is 12.4. The topological polar surface area (TPSA) is 111 Å². The van der Waals surface area contributed by atoms with Crippen LogP contribution in [0.5, 0.6) is 0 Å². The number of hydrogen-bond acceptors (Lipinski definition) is 6. The first-order chi connectivity index (χ1) is 9.62. The highest BCUT2D eigenvalue weighted by molar-refractivity contribution is 8.20. The molecule has 1 aromatic carbocycles. The highest BCUT2D eigenvalue weighted by atomic mass is 32.5. The van der Waals surface area contributed by atoms with E-state index in [1.165, 1.54) is 32.4 Å². The van der Waals surface area contributed by atoms with Gasteiger partial charge in [-0.15, -0.1) is 0 Å². The molecule has 0 saturated carbocycles. The summed E-state index contributed by atoms with van der Waals surface area (Å²) in [7, 11) is 2.54. The van der Waals surface area contributed by atoms with Crippen LogP contribution in [0.1, 0.15) is 5.56 Å². The molecule has 0 fully saturated rings. The minimum Gasteiger partial charge on any atom is -0.328 e. The van der Waals surface area contributed by atoms with Gasteiger partial charge in [-0.3, -0.25) is 10.1 Å². The van der Waals surface area contributed by atoms with Crippen LogP contribution in [0.25, 0.3) is 0 Å². The van der Waals surface area contributed by atoms with E-state index in [1.807, 2.05) is 0 Å². The lowest BCUT2D eigenvalue weighted by Crippen LogP contribution is -1.95. The molecule has 0 aliphatic rings. The minimum absolute atomic E-state index is 0.0461. The summed E-state index contributed by atoms with van der Waals surface area (Å²) in [6.45, 7) is -5.53. The molecule has 1 rings (SSSR count). The molecule has 2 N–H and O–H groups in total.